The van der Waals surface area contributed by atoms with Crippen LogP contribution in [0.5, 0.6) is 0 Å². The van der Waals surface area contributed by atoms with Crippen LogP contribution in [-0.2, 0) is 9.84 Å². The highest BCUT2D eigenvalue weighted by atomic mass is 32.2. The molecule has 1 aliphatic carbocycles. The second-order valence-corrected chi connectivity index (χ2v) is 5.93. The Morgan fingerprint density at radius 1 is 1.44 bits per heavy atom. The topological polar surface area (TPSA) is 59.9 Å². The predicted octanol–water partition coefficient (Wildman–Crippen LogP) is 1.46. The molecule has 0 saturated heterocycles. The first-order valence-electron chi connectivity index (χ1n) is 5.26. The zero-order chi connectivity index (χ0) is 11.6. The van der Waals surface area contributed by atoms with Crippen LogP contribution in [0.2, 0.25) is 0 Å². The fraction of sp³-hybridized carbons (Fsp3) is 0.455. The third-order valence-electron chi connectivity index (χ3n) is 2.67. The minimum absolute atomic E-state index is 0.0545. The molecule has 0 aliphatic heterocycles. The van der Waals surface area contributed by atoms with Crippen molar-refractivity contribution in [1.29, 1.82) is 0 Å². The average Bonchev–Trinajstić information content (AvgIpc) is 2.97. The maximum absolute atomic E-state index is 11.9. The fourth-order valence-electron chi connectivity index (χ4n) is 1.75. The summed E-state index contributed by atoms with van der Waals surface area (Å²) in [6.45, 7) is 1.95. The zero-order valence-corrected chi connectivity index (χ0v) is 9.89. The van der Waals surface area contributed by atoms with E-state index in [1.165, 1.54) is 12.4 Å². The van der Waals surface area contributed by atoms with E-state index in [1.54, 1.807) is 6.07 Å². The van der Waals surface area contributed by atoms with Crippen LogP contribution in [0.4, 0.5) is 0 Å². The van der Waals surface area contributed by atoms with Crippen molar-refractivity contribution in [3.8, 4) is 0 Å². The molecule has 1 aromatic heterocycles. The van der Waals surface area contributed by atoms with Gasteiger partial charge in [-0.15, -0.1) is 0 Å². The summed E-state index contributed by atoms with van der Waals surface area (Å²) in [4.78, 5) is 7.57. The molecular formula is C11H14N2O2S. The molecule has 1 fully saturated rings. The van der Waals surface area contributed by atoms with E-state index in [0.717, 1.165) is 6.42 Å². The van der Waals surface area contributed by atoms with Gasteiger partial charge in [0.05, 0.1) is 5.75 Å². The summed E-state index contributed by atoms with van der Waals surface area (Å²) in [6, 6.07) is 1.61. The number of nitrogens with zero attached hydrogens (tertiary/aromatic N) is 2. The summed E-state index contributed by atoms with van der Waals surface area (Å²) >= 11 is 0. The molecule has 0 bridgehead atoms. The molecule has 5 heteroatoms. The fourth-order valence-corrected chi connectivity index (χ4v) is 3.29. The molecule has 0 unspecified atom stereocenters. The number of rotatable bonds is 4. The largest absolute Gasteiger partial charge is 0.247 e. The van der Waals surface area contributed by atoms with Crippen molar-refractivity contribution in [3.63, 3.8) is 0 Å². The minimum atomic E-state index is -3.30. The maximum Gasteiger partial charge on any atom is 0.247 e. The van der Waals surface area contributed by atoms with Crippen LogP contribution in [0.25, 0.3) is 0 Å². The molecule has 4 nitrogen and oxygen atoms in total. The molecule has 16 heavy (non-hydrogen) atoms. The van der Waals surface area contributed by atoms with Gasteiger partial charge in [-0.05, 0) is 31.2 Å². The lowest BCUT2D eigenvalue weighted by molar-refractivity contribution is 0.582. The summed E-state index contributed by atoms with van der Waals surface area (Å²) in [5.74, 6) is 0.819. The first kappa shape index (κ1) is 11.3. The molecule has 0 spiro atoms. The van der Waals surface area contributed by atoms with Gasteiger partial charge >= 0.3 is 0 Å². The maximum atomic E-state index is 11.9. The molecular weight excluding hydrogens is 224 g/mol. The van der Waals surface area contributed by atoms with Crippen molar-refractivity contribution < 1.29 is 8.42 Å². The van der Waals surface area contributed by atoms with Crippen molar-refractivity contribution in [2.45, 2.75) is 18.5 Å². The Morgan fingerprint density at radius 3 is 2.75 bits per heavy atom. The average molecular weight is 238 g/mol. The highest BCUT2D eigenvalue weighted by molar-refractivity contribution is 7.91. The Morgan fingerprint density at radius 2 is 2.12 bits per heavy atom. The summed E-state index contributed by atoms with van der Waals surface area (Å²) in [6.07, 6.45) is 7.89. The monoisotopic (exact) mass is 238 g/mol. The summed E-state index contributed by atoms with van der Waals surface area (Å²) < 4.78 is 23.8. The Balaban J connectivity index is 2.06. The first-order chi connectivity index (χ1) is 7.63. The standard InChI is InChI=1S/C11H14N2O2S/c1-2-4-9-7-10(9)8-16(14,15)11-12-5-3-6-13-11/h2-6,9-10H,7-8H2,1H3/b4-2+/t9-,10+/m0/s1. The molecule has 0 aromatic carbocycles. The van der Waals surface area contributed by atoms with Crippen molar-refractivity contribution in [1.82, 2.24) is 9.97 Å². The lowest BCUT2D eigenvalue weighted by Gasteiger charge is -2.00. The zero-order valence-electron chi connectivity index (χ0n) is 9.07. The van der Waals surface area contributed by atoms with Crippen LogP contribution in [0.15, 0.2) is 35.8 Å². The molecule has 1 saturated carbocycles. The highest BCUT2D eigenvalue weighted by Gasteiger charge is 2.39. The van der Waals surface area contributed by atoms with Crippen molar-refractivity contribution in [2.24, 2.45) is 11.8 Å². The number of hydrogen-bond donors (Lipinski definition) is 0. The smallest absolute Gasteiger partial charge is 0.227 e. The van der Waals surface area contributed by atoms with Gasteiger partial charge in [-0.1, -0.05) is 12.2 Å². The second-order valence-electron chi connectivity index (χ2n) is 4.00. The highest BCUT2D eigenvalue weighted by Crippen LogP contribution is 2.41. The van der Waals surface area contributed by atoms with E-state index in [-0.39, 0.29) is 16.8 Å². The van der Waals surface area contributed by atoms with Crippen molar-refractivity contribution in [2.75, 3.05) is 5.75 Å². The Hall–Kier alpha value is -1.23. The summed E-state index contributed by atoms with van der Waals surface area (Å²) in [5, 5.41) is -0.0545. The minimum Gasteiger partial charge on any atom is -0.227 e. The van der Waals surface area contributed by atoms with Crippen LogP contribution in [0, 0.1) is 11.8 Å². The quantitative estimate of drug-likeness (QED) is 0.588. The third-order valence-corrected chi connectivity index (χ3v) is 4.30. The van der Waals surface area contributed by atoms with Crippen LogP contribution < -0.4 is 0 Å². The third kappa shape index (κ3) is 2.47. The molecule has 1 aliphatic rings. The Kier molecular flexibility index (Phi) is 3.05. The lowest BCUT2D eigenvalue weighted by Crippen LogP contribution is -2.12. The molecule has 86 valence electrons. The second kappa shape index (κ2) is 4.33. The van der Waals surface area contributed by atoms with Gasteiger partial charge < -0.3 is 0 Å². The summed E-state index contributed by atoms with van der Waals surface area (Å²) in [5.41, 5.74) is 0. The van der Waals surface area contributed by atoms with Crippen LogP contribution in [-0.4, -0.2) is 24.1 Å². The van der Waals surface area contributed by atoms with E-state index < -0.39 is 9.84 Å². The van der Waals surface area contributed by atoms with E-state index in [0.29, 0.717) is 5.92 Å². The number of allylic oxidation sites excluding steroid dienone is 2. The molecule has 0 radical (unpaired) electrons. The predicted molar refractivity (Wildman–Crippen MR) is 60.5 cm³/mol. The van der Waals surface area contributed by atoms with Gasteiger partial charge in [0.1, 0.15) is 0 Å². The van der Waals surface area contributed by atoms with Gasteiger partial charge in [0.15, 0.2) is 0 Å². The van der Waals surface area contributed by atoms with Crippen molar-refractivity contribution >= 4 is 9.84 Å². The molecule has 1 heterocycles. The Bertz CT molecular complexity index is 482. The van der Waals surface area contributed by atoms with E-state index >= 15 is 0 Å². The molecule has 2 atom stereocenters. The number of aromatic nitrogens is 2. The van der Waals surface area contributed by atoms with Crippen molar-refractivity contribution in [3.05, 3.63) is 30.6 Å². The molecule has 0 amide bonds. The van der Waals surface area contributed by atoms with E-state index in [9.17, 15) is 8.42 Å². The van der Waals surface area contributed by atoms with Gasteiger partial charge in [0.25, 0.3) is 0 Å². The van der Waals surface area contributed by atoms with Gasteiger partial charge in [-0.3, -0.25) is 0 Å². The summed E-state index contributed by atoms with van der Waals surface area (Å²) in [7, 11) is -3.30. The SMILES string of the molecule is C/C=C/[C@H]1C[C@@H]1CS(=O)(=O)c1ncccn1. The molecule has 2 rings (SSSR count). The normalized spacial score (nSPS) is 24.8. The van der Waals surface area contributed by atoms with Gasteiger partial charge in [-0.25, -0.2) is 18.4 Å². The van der Waals surface area contributed by atoms with E-state index in [2.05, 4.69) is 16.0 Å². The van der Waals surface area contributed by atoms with Crippen LogP contribution >= 0.6 is 0 Å². The Labute approximate surface area is 95.4 Å². The van der Waals surface area contributed by atoms with E-state index in [4.69, 9.17) is 0 Å². The number of sulfone groups is 1. The van der Waals surface area contributed by atoms with Gasteiger partial charge in [0, 0.05) is 12.4 Å². The lowest BCUT2D eigenvalue weighted by atomic mass is 10.3. The van der Waals surface area contributed by atoms with Gasteiger partial charge in [0.2, 0.25) is 15.0 Å². The van der Waals surface area contributed by atoms with Crippen LogP contribution in [0.3, 0.4) is 0 Å². The van der Waals surface area contributed by atoms with Crippen LogP contribution in [0.1, 0.15) is 13.3 Å². The van der Waals surface area contributed by atoms with E-state index in [1.807, 2.05) is 13.0 Å². The number of hydrogen-bond acceptors (Lipinski definition) is 4. The molecule has 1 aromatic rings. The van der Waals surface area contributed by atoms with Gasteiger partial charge in [-0.2, -0.15) is 0 Å². The molecule has 0 N–H and O–H groups in total. The first-order valence-corrected chi connectivity index (χ1v) is 6.91.